The lowest BCUT2D eigenvalue weighted by Gasteiger charge is -2.16. The quantitative estimate of drug-likeness (QED) is 0.720. The summed E-state index contributed by atoms with van der Waals surface area (Å²) < 4.78 is 2.16. The van der Waals surface area contributed by atoms with Gasteiger partial charge in [0.25, 0.3) is 0 Å². The van der Waals surface area contributed by atoms with E-state index in [1.54, 1.807) is 11.3 Å². The fourth-order valence-electron chi connectivity index (χ4n) is 1.73. The van der Waals surface area contributed by atoms with Crippen molar-refractivity contribution in [3.63, 3.8) is 0 Å². The lowest BCUT2D eigenvalue weighted by atomic mass is 10.2. The van der Waals surface area contributed by atoms with Crippen LogP contribution in [0.4, 0.5) is 5.69 Å². The molecule has 1 nitrogen and oxygen atoms in total. The molecular weight excluding hydrogens is 362 g/mol. The SMILES string of the molecule is Cc1ccsc1C(C)Nc1ccc(Br)cc1Br. The van der Waals surface area contributed by atoms with Crippen molar-refractivity contribution in [3.05, 3.63) is 49.0 Å². The van der Waals surface area contributed by atoms with Crippen LogP contribution in [0.5, 0.6) is 0 Å². The molecule has 90 valence electrons. The third-order valence-corrected chi connectivity index (χ3v) is 4.95. The molecule has 1 atom stereocenters. The first-order valence-electron chi connectivity index (χ1n) is 5.33. The highest BCUT2D eigenvalue weighted by Crippen LogP contribution is 2.31. The zero-order valence-electron chi connectivity index (χ0n) is 9.63. The Labute approximate surface area is 123 Å². The van der Waals surface area contributed by atoms with E-state index in [0.717, 1.165) is 14.6 Å². The summed E-state index contributed by atoms with van der Waals surface area (Å²) in [5, 5.41) is 5.66. The van der Waals surface area contributed by atoms with Gasteiger partial charge in [-0.05, 0) is 65.0 Å². The second-order valence-electron chi connectivity index (χ2n) is 3.96. The van der Waals surface area contributed by atoms with E-state index in [9.17, 15) is 0 Å². The molecular formula is C13H13Br2NS. The van der Waals surface area contributed by atoms with Crippen LogP contribution in [0.1, 0.15) is 23.4 Å². The molecule has 0 radical (unpaired) electrons. The maximum Gasteiger partial charge on any atom is 0.0581 e. The molecule has 0 spiro atoms. The van der Waals surface area contributed by atoms with Gasteiger partial charge in [0.2, 0.25) is 0 Å². The van der Waals surface area contributed by atoms with Crippen LogP contribution in [0.2, 0.25) is 0 Å². The summed E-state index contributed by atoms with van der Waals surface area (Å²) in [6.45, 7) is 4.34. The monoisotopic (exact) mass is 373 g/mol. The van der Waals surface area contributed by atoms with Gasteiger partial charge in [-0.15, -0.1) is 11.3 Å². The van der Waals surface area contributed by atoms with Gasteiger partial charge in [-0.2, -0.15) is 0 Å². The van der Waals surface area contributed by atoms with Crippen molar-refractivity contribution in [2.75, 3.05) is 5.32 Å². The highest BCUT2D eigenvalue weighted by atomic mass is 79.9. The Kier molecular flexibility index (Phi) is 4.28. The number of halogens is 2. The smallest absolute Gasteiger partial charge is 0.0581 e. The molecule has 0 saturated heterocycles. The second kappa shape index (κ2) is 5.55. The molecule has 17 heavy (non-hydrogen) atoms. The van der Waals surface area contributed by atoms with E-state index in [1.165, 1.54) is 10.4 Å². The number of aryl methyl sites for hydroxylation is 1. The maximum absolute atomic E-state index is 3.57. The lowest BCUT2D eigenvalue weighted by molar-refractivity contribution is 0.898. The minimum atomic E-state index is 0.326. The predicted molar refractivity (Wildman–Crippen MR) is 82.9 cm³/mol. The fraction of sp³-hybridized carbons (Fsp3) is 0.231. The normalized spacial score (nSPS) is 12.5. The summed E-state index contributed by atoms with van der Waals surface area (Å²) in [5.41, 5.74) is 2.47. The number of hydrogen-bond donors (Lipinski definition) is 1. The van der Waals surface area contributed by atoms with Gasteiger partial charge in [0, 0.05) is 19.5 Å². The first-order chi connectivity index (χ1) is 8.08. The molecule has 0 bridgehead atoms. The van der Waals surface area contributed by atoms with E-state index >= 15 is 0 Å². The molecule has 1 N–H and O–H groups in total. The Hall–Kier alpha value is -0.320. The largest absolute Gasteiger partial charge is 0.377 e. The van der Waals surface area contributed by atoms with Crippen LogP contribution < -0.4 is 5.32 Å². The van der Waals surface area contributed by atoms with Crippen LogP contribution >= 0.6 is 43.2 Å². The molecule has 2 aromatic rings. The minimum absolute atomic E-state index is 0.326. The highest BCUT2D eigenvalue weighted by Gasteiger charge is 2.11. The van der Waals surface area contributed by atoms with Crippen molar-refractivity contribution in [3.8, 4) is 0 Å². The van der Waals surface area contributed by atoms with Gasteiger partial charge in [-0.25, -0.2) is 0 Å². The van der Waals surface area contributed by atoms with Crippen LogP contribution in [0, 0.1) is 6.92 Å². The van der Waals surface area contributed by atoms with Crippen molar-refractivity contribution < 1.29 is 0 Å². The maximum atomic E-state index is 3.57. The van der Waals surface area contributed by atoms with Crippen LogP contribution in [-0.4, -0.2) is 0 Å². The van der Waals surface area contributed by atoms with Crippen LogP contribution in [0.3, 0.4) is 0 Å². The molecule has 0 amide bonds. The summed E-state index contributed by atoms with van der Waals surface area (Å²) in [6.07, 6.45) is 0. The number of rotatable bonds is 3. The molecule has 0 aliphatic heterocycles. The van der Waals surface area contributed by atoms with Gasteiger partial charge >= 0.3 is 0 Å². The molecule has 1 unspecified atom stereocenters. The van der Waals surface area contributed by atoms with Gasteiger partial charge in [0.15, 0.2) is 0 Å². The first-order valence-corrected chi connectivity index (χ1v) is 7.80. The first kappa shape index (κ1) is 13.1. The summed E-state index contributed by atoms with van der Waals surface area (Å²) in [7, 11) is 0. The van der Waals surface area contributed by atoms with Crippen molar-refractivity contribution in [2.45, 2.75) is 19.9 Å². The van der Waals surface area contributed by atoms with Crippen molar-refractivity contribution in [1.29, 1.82) is 0 Å². The van der Waals surface area contributed by atoms with Crippen LogP contribution in [0.25, 0.3) is 0 Å². The van der Waals surface area contributed by atoms with Gasteiger partial charge < -0.3 is 5.32 Å². The van der Waals surface area contributed by atoms with Crippen molar-refractivity contribution in [1.82, 2.24) is 0 Å². The number of anilines is 1. The van der Waals surface area contributed by atoms with Gasteiger partial charge in [0.05, 0.1) is 6.04 Å². The molecule has 1 heterocycles. The lowest BCUT2D eigenvalue weighted by Crippen LogP contribution is -2.06. The average Bonchev–Trinajstić information content (AvgIpc) is 2.68. The summed E-state index contributed by atoms with van der Waals surface area (Å²) in [6, 6.07) is 8.66. The molecule has 1 aromatic carbocycles. The van der Waals surface area contributed by atoms with Crippen LogP contribution in [-0.2, 0) is 0 Å². The van der Waals surface area contributed by atoms with Crippen molar-refractivity contribution in [2.24, 2.45) is 0 Å². The number of benzene rings is 1. The number of hydrogen-bond acceptors (Lipinski definition) is 2. The minimum Gasteiger partial charge on any atom is -0.377 e. The Bertz CT molecular complexity index is 522. The van der Waals surface area contributed by atoms with E-state index in [1.807, 2.05) is 6.07 Å². The van der Waals surface area contributed by atoms with E-state index in [-0.39, 0.29) is 0 Å². The summed E-state index contributed by atoms with van der Waals surface area (Å²) in [5.74, 6) is 0. The predicted octanol–water partition coefficient (Wildman–Crippen LogP) is 5.75. The Morgan fingerprint density at radius 2 is 2.00 bits per heavy atom. The third-order valence-electron chi connectivity index (χ3n) is 2.60. The molecule has 0 fully saturated rings. The highest BCUT2D eigenvalue weighted by molar-refractivity contribution is 9.11. The van der Waals surface area contributed by atoms with E-state index in [4.69, 9.17) is 0 Å². The second-order valence-corrected chi connectivity index (χ2v) is 6.68. The third kappa shape index (κ3) is 3.12. The number of nitrogens with one attached hydrogen (secondary N) is 1. The molecule has 0 saturated carbocycles. The molecule has 4 heteroatoms. The fourth-order valence-corrected chi connectivity index (χ4v) is 3.83. The van der Waals surface area contributed by atoms with Crippen LogP contribution in [0.15, 0.2) is 38.6 Å². The Morgan fingerprint density at radius 3 is 2.59 bits per heavy atom. The Morgan fingerprint density at radius 1 is 1.24 bits per heavy atom. The van der Waals surface area contributed by atoms with Gasteiger partial charge in [0.1, 0.15) is 0 Å². The van der Waals surface area contributed by atoms with E-state index < -0.39 is 0 Å². The standard InChI is InChI=1S/C13H13Br2NS/c1-8-5-6-17-13(8)9(2)16-12-4-3-10(14)7-11(12)15/h3-7,9,16H,1-2H3. The zero-order chi connectivity index (χ0) is 12.4. The summed E-state index contributed by atoms with van der Waals surface area (Å²) >= 11 is 8.82. The average molecular weight is 375 g/mol. The van der Waals surface area contributed by atoms with E-state index in [0.29, 0.717) is 6.04 Å². The topological polar surface area (TPSA) is 12.0 Å². The van der Waals surface area contributed by atoms with Gasteiger partial charge in [-0.1, -0.05) is 15.9 Å². The molecule has 0 aliphatic carbocycles. The van der Waals surface area contributed by atoms with E-state index in [2.05, 4.69) is 74.6 Å². The molecule has 0 aliphatic rings. The summed E-state index contributed by atoms with van der Waals surface area (Å²) in [4.78, 5) is 1.39. The Balaban J connectivity index is 2.19. The molecule has 1 aromatic heterocycles. The van der Waals surface area contributed by atoms with Crippen molar-refractivity contribution >= 4 is 48.9 Å². The zero-order valence-corrected chi connectivity index (χ0v) is 13.6. The van der Waals surface area contributed by atoms with Gasteiger partial charge in [-0.3, -0.25) is 0 Å². The number of thiophene rings is 1. The molecule has 2 rings (SSSR count).